The van der Waals surface area contributed by atoms with Crippen LogP contribution in [-0.2, 0) is 9.53 Å². The monoisotopic (exact) mass is 414 g/mol. The third kappa shape index (κ3) is 5.53. The lowest BCUT2D eigenvalue weighted by Crippen LogP contribution is -2.30. The van der Waals surface area contributed by atoms with Gasteiger partial charge >= 0.3 is 5.97 Å². The van der Waals surface area contributed by atoms with Crippen LogP contribution in [0.1, 0.15) is 34.6 Å². The lowest BCUT2D eigenvalue weighted by Gasteiger charge is -2.18. The maximum absolute atomic E-state index is 12.3. The molecule has 10 heteroatoms. The summed E-state index contributed by atoms with van der Waals surface area (Å²) in [6.45, 7) is 4.40. The summed E-state index contributed by atoms with van der Waals surface area (Å²) in [7, 11) is 0. The number of rotatable bonds is 8. The van der Waals surface area contributed by atoms with E-state index in [9.17, 15) is 24.5 Å². The minimum absolute atomic E-state index is 0.0762. The van der Waals surface area contributed by atoms with E-state index in [1.54, 1.807) is 29.2 Å². The van der Waals surface area contributed by atoms with Crippen LogP contribution in [0.2, 0.25) is 0 Å². The minimum Gasteiger partial charge on any atom is -0.452 e. The minimum atomic E-state index is -0.877. The first kappa shape index (κ1) is 22.3. The number of hydrogen-bond acceptors (Lipinski definition) is 7. The second kappa shape index (κ2) is 10.0. The molecule has 0 bridgehead atoms. The van der Waals surface area contributed by atoms with Gasteiger partial charge in [0.2, 0.25) is 0 Å². The number of non-ortho nitro benzene ring substituents is 1. The number of nitrogens with zero attached hydrogens (tertiary/aromatic N) is 2. The lowest BCUT2D eigenvalue weighted by atomic mass is 10.1. The number of benzene rings is 2. The van der Waals surface area contributed by atoms with Crippen molar-refractivity contribution < 1.29 is 24.0 Å². The fraction of sp³-hybridized carbons (Fsp3) is 0.250. The van der Waals surface area contributed by atoms with Crippen molar-refractivity contribution in [2.75, 3.05) is 30.7 Å². The summed E-state index contributed by atoms with van der Waals surface area (Å²) in [5, 5.41) is 13.3. The smallest absolute Gasteiger partial charge is 0.340 e. The largest absolute Gasteiger partial charge is 0.452 e. The fourth-order valence-electron chi connectivity index (χ4n) is 2.65. The molecule has 2 aromatic carbocycles. The van der Waals surface area contributed by atoms with Crippen molar-refractivity contribution in [1.29, 1.82) is 0 Å². The first-order valence-electron chi connectivity index (χ1n) is 9.17. The predicted octanol–water partition coefficient (Wildman–Crippen LogP) is 2.45. The van der Waals surface area contributed by atoms with Crippen LogP contribution in [0.5, 0.6) is 0 Å². The number of carbonyl (C=O) groups excluding carboxylic acids is 3. The number of ether oxygens (including phenoxy) is 1. The molecule has 2 aromatic rings. The lowest BCUT2D eigenvalue weighted by molar-refractivity contribution is -0.384. The molecule has 0 heterocycles. The Hall–Kier alpha value is -3.95. The van der Waals surface area contributed by atoms with Crippen LogP contribution >= 0.6 is 0 Å². The van der Waals surface area contributed by atoms with Gasteiger partial charge in [0.05, 0.1) is 16.2 Å². The number of anilines is 2. The summed E-state index contributed by atoms with van der Waals surface area (Å²) >= 11 is 0. The van der Waals surface area contributed by atoms with Gasteiger partial charge < -0.3 is 20.7 Å². The molecule has 0 unspecified atom stereocenters. The highest BCUT2D eigenvalue weighted by Gasteiger charge is 2.17. The molecule has 0 aliphatic heterocycles. The molecule has 3 N–H and O–H groups in total. The quantitative estimate of drug-likeness (QED) is 0.292. The molecule has 2 amide bonds. The first-order chi connectivity index (χ1) is 14.3. The molecule has 10 nitrogen and oxygen atoms in total. The summed E-state index contributed by atoms with van der Waals surface area (Å²) in [4.78, 5) is 48.1. The summed E-state index contributed by atoms with van der Waals surface area (Å²) in [6, 6.07) is 9.67. The van der Waals surface area contributed by atoms with Gasteiger partial charge in [0.15, 0.2) is 6.61 Å². The van der Waals surface area contributed by atoms with Crippen LogP contribution in [-0.4, -0.2) is 47.3 Å². The predicted molar refractivity (Wildman–Crippen MR) is 110 cm³/mol. The van der Waals surface area contributed by atoms with Crippen LogP contribution in [0.15, 0.2) is 42.5 Å². The number of hydrogen-bond donors (Lipinski definition) is 2. The van der Waals surface area contributed by atoms with Crippen LogP contribution in [0.3, 0.4) is 0 Å². The number of amides is 2. The Morgan fingerprint density at radius 1 is 1.10 bits per heavy atom. The molecule has 0 aliphatic carbocycles. The Bertz CT molecular complexity index is 954. The van der Waals surface area contributed by atoms with Crippen molar-refractivity contribution in [3.05, 3.63) is 63.7 Å². The normalized spacial score (nSPS) is 10.2. The van der Waals surface area contributed by atoms with E-state index in [0.717, 1.165) is 12.1 Å². The zero-order valence-electron chi connectivity index (χ0n) is 16.6. The van der Waals surface area contributed by atoms with E-state index in [-0.39, 0.29) is 22.8 Å². The highest BCUT2D eigenvalue weighted by molar-refractivity contribution is 5.99. The van der Waals surface area contributed by atoms with Gasteiger partial charge in [0.25, 0.3) is 17.5 Å². The number of nitrogens with two attached hydrogens (primary N) is 1. The Morgan fingerprint density at radius 3 is 2.27 bits per heavy atom. The molecule has 0 saturated carbocycles. The van der Waals surface area contributed by atoms with Crippen molar-refractivity contribution in [1.82, 2.24) is 4.90 Å². The molecule has 0 fully saturated rings. The summed E-state index contributed by atoms with van der Waals surface area (Å²) < 4.78 is 4.90. The van der Waals surface area contributed by atoms with Crippen molar-refractivity contribution in [3.8, 4) is 0 Å². The SMILES string of the molecule is CCN(CC)C(=O)c1ccc(NC(=O)COC(=O)c2ccc([N+](=O)[O-])cc2N)cc1. The van der Waals surface area contributed by atoms with E-state index < -0.39 is 23.4 Å². The number of carbonyl (C=O) groups is 3. The maximum Gasteiger partial charge on any atom is 0.340 e. The van der Waals surface area contributed by atoms with Gasteiger partial charge in [-0.05, 0) is 44.2 Å². The van der Waals surface area contributed by atoms with Crippen LogP contribution in [0, 0.1) is 10.1 Å². The van der Waals surface area contributed by atoms with Crippen LogP contribution in [0.25, 0.3) is 0 Å². The molecule has 0 radical (unpaired) electrons. The van der Waals surface area contributed by atoms with Gasteiger partial charge in [-0.3, -0.25) is 19.7 Å². The average Bonchev–Trinajstić information content (AvgIpc) is 2.73. The van der Waals surface area contributed by atoms with Gasteiger partial charge in [0.1, 0.15) is 0 Å². The summed E-state index contributed by atoms with van der Waals surface area (Å²) in [5.41, 5.74) is 6.10. The molecular formula is C20H22N4O6. The summed E-state index contributed by atoms with van der Waals surface area (Å²) in [5.74, 6) is -1.57. The van der Waals surface area contributed by atoms with Gasteiger partial charge in [-0.15, -0.1) is 0 Å². The molecule has 0 spiro atoms. The number of esters is 1. The number of nitrogens with one attached hydrogen (secondary N) is 1. The summed E-state index contributed by atoms with van der Waals surface area (Å²) in [6.07, 6.45) is 0. The molecular weight excluding hydrogens is 392 g/mol. The van der Waals surface area contributed by atoms with Crippen molar-refractivity contribution in [3.63, 3.8) is 0 Å². The van der Waals surface area contributed by atoms with Crippen molar-refractivity contribution in [2.24, 2.45) is 0 Å². The molecule has 0 aliphatic rings. The first-order valence-corrected chi connectivity index (χ1v) is 9.17. The molecule has 0 atom stereocenters. The number of nitrogen functional groups attached to an aromatic ring is 1. The second-order valence-electron chi connectivity index (χ2n) is 6.21. The van der Waals surface area contributed by atoms with Crippen molar-refractivity contribution >= 4 is 34.8 Å². The van der Waals surface area contributed by atoms with E-state index in [2.05, 4.69) is 5.32 Å². The van der Waals surface area contributed by atoms with Crippen LogP contribution < -0.4 is 11.1 Å². The molecule has 0 aromatic heterocycles. The average molecular weight is 414 g/mol. The molecule has 2 rings (SSSR count). The second-order valence-corrected chi connectivity index (χ2v) is 6.21. The van der Waals surface area contributed by atoms with Gasteiger partial charge in [-0.2, -0.15) is 0 Å². The number of nitro groups is 1. The van der Waals surface area contributed by atoms with E-state index >= 15 is 0 Å². The van der Waals surface area contributed by atoms with E-state index in [1.165, 1.54) is 6.07 Å². The zero-order chi connectivity index (χ0) is 22.3. The third-order valence-corrected chi connectivity index (χ3v) is 4.27. The highest BCUT2D eigenvalue weighted by Crippen LogP contribution is 2.20. The molecule has 30 heavy (non-hydrogen) atoms. The van der Waals surface area contributed by atoms with E-state index in [0.29, 0.717) is 24.3 Å². The fourth-order valence-corrected chi connectivity index (χ4v) is 2.65. The van der Waals surface area contributed by atoms with Crippen molar-refractivity contribution in [2.45, 2.75) is 13.8 Å². The standard InChI is InChI=1S/C20H22N4O6/c1-3-23(4-2)19(26)13-5-7-14(8-6-13)22-18(25)12-30-20(27)16-10-9-15(24(28)29)11-17(16)21/h5-11H,3-4,12,21H2,1-2H3,(H,22,25). The Morgan fingerprint density at radius 2 is 1.73 bits per heavy atom. The topological polar surface area (TPSA) is 145 Å². The Balaban J connectivity index is 1.92. The van der Waals surface area contributed by atoms with Gasteiger partial charge in [0, 0.05) is 36.5 Å². The Labute approximate surface area is 172 Å². The Kier molecular flexibility index (Phi) is 7.45. The van der Waals surface area contributed by atoms with E-state index in [4.69, 9.17) is 10.5 Å². The van der Waals surface area contributed by atoms with Gasteiger partial charge in [-0.1, -0.05) is 0 Å². The molecule has 0 saturated heterocycles. The molecule has 158 valence electrons. The van der Waals surface area contributed by atoms with Gasteiger partial charge in [-0.25, -0.2) is 4.79 Å². The van der Waals surface area contributed by atoms with Crippen LogP contribution in [0.4, 0.5) is 17.1 Å². The zero-order valence-corrected chi connectivity index (χ0v) is 16.6. The maximum atomic E-state index is 12.3. The number of nitro benzene ring substituents is 1. The highest BCUT2D eigenvalue weighted by atomic mass is 16.6. The van der Waals surface area contributed by atoms with E-state index in [1.807, 2.05) is 13.8 Å². The third-order valence-electron chi connectivity index (χ3n) is 4.27.